The highest BCUT2D eigenvalue weighted by molar-refractivity contribution is 8.18. The molecule has 10 heteroatoms. The van der Waals surface area contributed by atoms with Gasteiger partial charge in [-0.25, -0.2) is 0 Å². The zero-order valence-corrected chi connectivity index (χ0v) is 20.8. The zero-order chi connectivity index (χ0) is 25.3. The largest absolute Gasteiger partial charge is 0.379 e. The van der Waals surface area contributed by atoms with Gasteiger partial charge in [0.15, 0.2) is 0 Å². The van der Waals surface area contributed by atoms with Crippen LogP contribution in [0, 0.1) is 0 Å². The maximum Gasteiger partial charge on any atom is 0.339 e. The van der Waals surface area contributed by atoms with Crippen LogP contribution in [0.2, 0.25) is 0 Å². The summed E-state index contributed by atoms with van der Waals surface area (Å²) in [4.78, 5) is 40.3. The minimum atomic E-state index is -4.04. The van der Waals surface area contributed by atoms with Crippen molar-refractivity contribution in [1.82, 2.24) is 9.80 Å². The van der Waals surface area contributed by atoms with Crippen molar-refractivity contribution >= 4 is 55.8 Å². The number of hydrogen-bond donors (Lipinski definition) is 0. The molecule has 0 radical (unpaired) electrons. The molecule has 2 saturated heterocycles. The van der Waals surface area contributed by atoms with Crippen molar-refractivity contribution in [2.24, 2.45) is 0 Å². The Labute approximate surface area is 212 Å². The van der Waals surface area contributed by atoms with E-state index in [4.69, 9.17) is 4.18 Å². The monoisotopic (exact) mass is 522 g/mol. The van der Waals surface area contributed by atoms with Gasteiger partial charge in [0.2, 0.25) is 5.91 Å². The summed E-state index contributed by atoms with van der Waals surface area (Å²) in [6, 6.07) is 18.3. The van der Waals surface area contributed by atoms with E-state index in [1.807, 2.05) is 24.3 Å². The third kappa shape index (κ3) is 5.00. The van der Waals surface area contributed by atoms with E-state index in [1.165, 1.54) is 24.3 Å². The third-order valence-corrected chi connectivity index (χ3v) is 8.17. The molecule has 0 aromatic heterocycles. The fraction of sp³-hybridized carbons (Fsp3) is 0.192. The van der Waals surface area contributed by atoms with E-state index in [-0.39, 0.29) is 28.0 Å². The summed E-state index contributed by atoms with van der Waals surface area (Å²) >= 11 is 0.774. The number of carbonyl (C=O) groups is 3. The lowest BCUT2D eigenvalue weighted by atomic mass is 10.1. The van der Waals surface area contributed by atoms with Crippen molar-refractivity contribution in [2.75, 3.05) is 19.6 Å². The number of nitrogens with zero attached hydrogens (tertiary/aromatic N) is 2. The van der Waals surface area contributed by atoms with Crippen molar-refractivity contribution in [3.8, 4) is 5.75 Å². The second kappa shape index (κ2) is 9.79. The summed E-state index contributed by atoms with van der Waals surface area (Å²) in [6.07, 6.45) is 3.39. The summed E-state index contributed by atoms with van der Waals surface area (Å²) in [6.45, 7) is 1.03. The van der Waals surface area contributed by atoms with Gasteiger partial charge in [-0.3, -0.25) is 19.3 Å². The van der Waals surface area contributed by atoms with Crippen LogP contribution in [0.5, 0.6) is 5.75 Å². The molecule has 0 atom stereocenters. The minimum absolute atomic E-state index is 0.0439. The van der Waals surface area contributed by atoms with E-state index >= 15 is 0 Å². The molecule has 0 aliphatic carbocycles. The molecule has 2 aliphatic rings. The van der Waals surface area contributed by atoms with Crippen LogP contribution in [-0.4, -0.2) is 54.9 Å². The lowest BCUT2D eigenvalue weighted by Crippen LogP contribution is -2.40. The van der Waals surface area contributed by atoms with E-state index in [1.54, 1.807) is 29.2 Å². The topological polar surface area (TPSA) is 101 Å². The van der Waals surface area contributed by atoms with E-state index in [0.717, 1.165) is 40.3 Å². The Balaban J connectivity index is 1.27. The molecule has 8 nitrogen and oxygen atoms in total. The standard InChI is InChI=1S/C26H22N2O6S2/c29-24(27-13-3-4-14-27)17-28-25(30)23(35-26(28)31)15-18-7-10-21(11-8-18)34-36(32,33)22-12-9-19-5-1-2-6-20(19)16-22/h1-2,5-12,15-16H,3-4,13-14,17H2/b23-15-. The van der Waals surface area contributed by atoms with E-state index in [9.17, 15) is 22.8 Å². The average molecular weight is 523 g/mol. The van der Waals surface area contributed by atoms with Crippen LogP contribution in [0.4, 0.5) is 4.79 Å². The fourth-order valence-corrected chi connectivity index (χ4v) is 5.91. The Hall–Kier alpha value is -3.63. The third-order valence-electron chi connectivity index (χ3n) is 6.02. The molecule has 184 valence electrons. The highest BCUT2D eigenvalue weighted by Gasteiger charge is 2.37. The molecule has 2 fully saturated rings. The number of amides is 3. The van der Waals surface area contributed by atoms with Gasteiger partial charge in [-0.1, -0.05) is 42.5 Å². The predicted molar refractivity (Wildman–Crippen MR) is 137 cm³/mol. The normalized spacial score (nSPS) is 17.4. The maximum atomic E-state index is 12.8. The summed E-state index contributed by atoms with van der Waals surface area (Å²) in [5, 5.41) is 1.22. The van der Waals surface area contributed by atoms with Crippen LogP contribution in [0.15, 0.2) is 76.5 Å². The van der Waals surface area contributed by atoms with Crippen LogP contribution in [0.1, 0.15) is 18.4 Å². The van der Waals surface area contributed by atoms with Gasteiger partial charge in [0.1, 0.15) is 17.2 Å². The van der Waals surface area contributed by atoms with Crippen LogP contribution in [-0.2, 0) is 19.7 Å². The van der Waals surface area contributed by atoms with Crippen molar-refractivity contribution in [3.63, 3.8) is 0 Å². The number of hydrogen-bond acceptors (Lipinski definition) is 7. The lowest BCUT2D eigenvalue weighted by Gasteiger charge is -2.18. The molecule has 2 aliphatic heterocycles. The first kappa shape index (κ1) is 24.1. The molecule has 0 N–H and O–H groups in total. The molecule has 3 aromatic rings. The quantitative estimate of drug-likeness (QED) is 0.352. The first-order chi connectivity index (χ1) is 17.3. The molecule has 0 bridgehead atoms. The SMILES string of the molecule is O=C(CN1C(=O)S/C(=C\c2ccc(OS(=O)(=O)c3ccc4ccccc4c3)cc2)C1=O)N1CCCC1. The Morgan fingerprint density at radius 2 is 1.64 bits per heavy atom. The van der Waals surface area contributed by atoms with Crippen LogP contribution in [0.25, 0.3) is 16.8 Å². The van der Waals surface area contributed by atoms with Gasteiger partial charge in [-0.05, 0) is 71.3 Å². The molecule has 3 amide bonds. The number of carbonyl (C=O) groups excluding carboxylic acids is 3. The molecule has 0 spiro atoms. The smallest absolute Gasteiger partial charge is 0.339 e. The Kier molecular flexibility index (Phi) is 6.55. The number of benzene rings is 3. The summed E-state index contributed by atoms with van der Waals surface area (Å²) in [5.41, 5.74) is 0.585. The average Bonchev–Trinajstić information content (AvgIpc) is 3.50. The molecule has 5 rings (SSSR count). The van der Waals surface area contributed by atoms with Crippen LogP contribution < -0.4 is 4.18 Å². The molecule has 0 unspecified atom stereocenters. The van der Waals surface area contributed by atoms with Gasteiger partial charge in [0, 0.05) is 13.1 Å². The number of imide groups is 1. The number of fused-ring (bicyclic) bond motifs is 1. The summed E-state index contributed by atoms with van der Waals surface area (Å²) < 4.78 is 30.8. The Morgan fingerprint density at radius 1 is 0.944 bits per heavy atom. The van der Waals surface area contributed by atoms with Gasteiger partial charge < -0.3 is 9.08 Å². The lowest BCUT2D eigenvalue weighted by molar-refractivity contribution is -0.135. The molecule has 2 heterocycles. The first-order valence-corrected chi connectivity index (χ1v) is 13.6. The number of rotatable bonds is 6. The van der Waals surface area contributed by atoms with E-state index < -0.39 is 21.3 Å². The minimum Gasteiger partial charge on any atom is -0.379 e. The molecular weight excluding hydrogens is 500 g/mol. The summed E-state index contributed by atoms with van der Waals surface area (Å²) in [7, 11) is -4.04. The highest BCUT2D eigenvalue weighted by atomic mass is 32.2. The van der Waals surface area contributed by atoms with Gasteiger partial charge >= 0.3 is 10.1 Å². The molecule has 3 aromatic carbocycles. The number of thioether (sulfide) groups is 1. The van der Waals surface area contributed by atoms with Gasteiger partial charge in [0.05, 0.1) is 4.91 Å². The highest BCUT2D eigenvalue weighted by Crippen LogP contribution is 2.33. The Bertz CT molecular complexity index is 1490. The van der Waals surface area contributed by atoms with Crippen molar-refractivity contribution in [1.29, 1.82) is 0 Å². The molecule has 36 heavy (non-hydrogen) atoms. The molecule has 0 saturated carbocycles. The molecular formula is C26H22N2O6S2. The van der Waals surface area contributed by atoms with Crippen LogP contribution >= 0.6 is 11.8 Å². The van der Waals surface area contributed by atoms with E-state index in [2.05, 4.69) is 0 Å². The van der Waals surface area contributed by atoms with Crippen LogP contribution in [0.3, 0.4) is 0 Å². The second-order valence-corrected chi connectivity index (χ2v) is 11.0. The van der Waals surface area contributed by atoms with Crippen molar-refractivity contribution < 1.29 is 27.0 Å². The Morgan fingerprint density at radius 3 is 2.36 bits per heavy atom. The van der Waals surface area contributed by atoms with Crippen molar-refractivity contribution in [3.05, 3.63) is 77.2 Å². The van der Waals surface area contributed by atoms with Gasteiger partial charge in [-0.2, -0.15) is 8.42 Å². The predicted octanol–water partition coefficient (Wildman–Crippen LogP) is 4.27. The first-order valence-electron chi connectivity index (χ1n) is 11.4. The maximum absolute atomic E-state index is 12.8. The summed E-state index contributed by atoms with van der Waals surface area (Å²) in [5.74, 6) is -0.633. The second-order valence-electron chi connectivity index (χ2n) is 8.47. The van der Waals surface area contributed by atoms with Gasteiger partial charge in [0.25, 0.3) is 11.1 Å². The van der Waals surface area contributed by atoms with Gasteiger partial charge in [-0.15, -0.1) is 0 Å². The fourth-order valence-electron chi connectivity index (χ4n) is 4.11. The number of likely N-dealkylation sites (tertiary alicyclic amines) is 1. The van der Waals surface area contributed by atoms with Crippen molar-refractivity contribution in [2.45, 2.75) is 17.7 Å². The van der Waals surface area contributed by atoms with E-state index in [0.29, 0.717) is 18.7 Å². The zero-order valence-electron chi connectivity index (χ0n) is 19.1.